The lowest BCUT2D eigenvalue weighted by molar-refractivity contribution is 0.195. The topological polar surface area (TPSA) is 56.1 Å². The van der Waals surface area contributed by atoms with E-state index in [1.54, 1.807) is 6.20 Å². The van der Waals surface area contributed by atoms with E-state index < -0.39 is 0 Å². The summed E-state index contributed by atoms with van der Waals surface area (Å²) in [4.78, 5) is 12.0. The van der Waals surface area contributed by atoms with E-state index in [1.807, 2.05) is 0 Å². The Kier molecular flexibility index (Phi) is 4.60. The number of ether oxygens (including phenoxy) is 1. The molecule has 1 fully saturated rings. The van der Waals surface area contributed by atoms with Crippen molar-refractivity contribution in [2.75, 3.05) is 18.5 Å². The summed E-state index contributed by atoms with van der Waals surface area (Å²) in [6.45, 7) is 4.08. The van der Waals surface area contributed by atoms with Gasteiger partial charge in [-0.3, -0.25) is 4.79 Å². The Bertz CT molecular complexity index is 455. The third-order valence-electron chi connectivity index (χ3n) is 3.00. The van der Waals surface area contributed by atoms with Crippen LogP contribution in [0.3, 0.4) is 0 Å². The van der Waals surface area contributed by atoms with Crippen LogP contribution in [0.4, 0.5) is 5.69 Å². The van der Waals surface area contributed by atoms with Crippen molar-refractivity contribution < 1.29 is 4.74 Å². The standard InChI is InChI=1S/C12H18ClN3O2/c1-2-3-5-16-12(17)11(13)10(7-14-16)15-9-4-6-18-8-9/h7,9,15H,2-6,8H2,1H3. The maximum atomic E-state index is 12.0. The van der Waals surface area contributed by atoms with Crippen LogP contribution in [-0.4, -0.2) is 29.0 Å². The number of hydrogen-bond acceptors (Lipinski definition) is 4. The van der Waals surface area contributed by atoms with Gasteiger partial charge in [-0.1, -0.05) is 24.9 Å². The minimum atomic E-state index is -0.228. The van der Waals surface area contributed by atoms with Crippen molar-refractivity contribution >= 4 is 17.3 Å². The predicted octanol–water partition coefficient (Wildman–Crippen LogP) is 1.90. The highest BCUT2D eigenvalue weighted by atomic mass is 35.5. The zero-order chi connectivity index (χ0) is 13.0. The average Bonchev–Trinajstić information content (AvgIpc) is 2.87. The molecule has 0 amide bonds. The van der Waals surface area contributed by atoms with Gasteiger partial charge in [-0.2, -0.15) is 5.10 Å². The summed E-state index contributed by atoms with van der Waals surface area (Å²) in [5.41, 5.74) is 0.374. The summed E-state index contributed by atoms with van der Waals surface area (Å²) >= 11 is 6.08. The van der Waals surface area contributed by atoms with Gasteiger partial charge in [0.1, 0.15) is 5.02 Å². The van der Waals surface area contributed by atoms with Gasteiger partial charge in [-0.05, 0) is 12.8 Å². The van der Waals surface area contributed by atoms with E-state index in [4.69, 9.17) is 16.3 Å². The minimum absolute atomic E-state index is 0.216. The molecule has 0 radical (unpaired) electrons. The first-order valence-electron chi connectivity index (χ1n) is 6.32. The molecule has 0 saturated carbocycles. The average molecular weight is 272 g/mol. The highest BCUT2D eigenvalue weighted by Gasteiger charge is 2.18. The van der Waals surface area contributed by atoms with E-state index in [9.17, 15) is 4.79 Å². The van der Waals surface area contributed by atoms with Crippen LogP contribution in [0, 0.1) is 0 Å². The van der Waals surface area contributed by atoms with Gasteiger partial charge in [0.25, 0.3) is 5.56 Å². The molecule has 1 atom stereocenters. The van der Waals surface area contributed by atoms with Gasteiger partial charge in [-0.25, -0.2) is 4.68 Å². The molecular formula is C12H18ClN3O2. The van der Waals surface area contributed by atoms with E-state index in [-0.39, 0.29) is 16.6 Å². The Morgan fingerprint density at radius 1 is 1.67 bits per heavy atom. The molecule has 1 aliphatic rings. The van der Waals surface area contributed by atoms with Crippen LogP contribution in [0.25, 0.3) is 0 Å². The van der Waals surface area contributed by atoms with Crippen LogP contribution < -0.4 is 10.9 Å². The van der Waals surface area contributed by atoms with E-state index >= 15 is 0 Å². The second-order valence-electron chi connectivity index (χ2n) is 4.46. The number of rotatable bonds is 5. The number of halogens is 1. The predicted molar refractivity (Wildman–Crippen MR) is 71.3 cm³/mol. The van der Waals surface area contributed by atoms with Crippen LogP contribution in [0.5, 0.6) is 0 Å². The zero-order valence-electron chi connectivity index (χ0n) is 10.5. The largest absolute Gasteiger partial charge is 0.379 e. The first-order chi connectivity index (χ1) is 8.72. The quantitative estimate of drug-likeness (QED) is 0.889. The van der Waals surface area contributed by atoms with Gasteiger partial charge in [-0.15, -0.1) is 0 Å². The molecule has 2 heterocycles. The number of nitrogens with one attached hydrogen (secondary N) is 1. The number of anilines is 1. The smallest absolute Gasteiger partial charge is 0.287 e. The molecule has 1 aromatic heterocycles. The fraction of sp³-hybridized carbons (Fsp3) is 0.667. The number of unbranched alkanes of at least 4 members (excludes halogenated alkanes) is 1. The lowest BCUT2D eigenvalue weighted by Gasteiger charge is -2.14. The molecule has 2 rings (SSSR count). The fourth-order valence-electron chi connectivity index (χ4n) is 1.90. The Labute approximate surface area is 111 Å². The molecule has 1 N–H and O–H groups in total. The lowest BCUT2D eigenvalue weighted by atomic mass is 10.2. The molecule has 1 aromatic rings. The van der Waals surface area contributed by atoms with Crippen LogP contribution >= 0.6 is 11.6 Å². The summed E-state index contributed by atoms with van der Waals surface area (Å²) in [5, 5.41) is 7.55. The molecule has 5 nitrogen and oxygen atoms in total. The van der Waals surface area contributed by atoms with Gasteiger partial charge in [0.05, 0.1) is 24.5 Å². The van der Waals surface area contributed by atoms with Crippen LogP contribution in [-0.2, 0) is 11.3 Å². The SMILES string of the molecule is CCCCn1ncc(NC2CCOC2)c(Cl)c1=O. The minimum Gasteiger partial charge on any atom is -0.379 e. The molecule has 0 bridgehead atoms. The van der Waals surface area contributed by atoms with Crippen molar-refractivity contribution in [1.82, 2.24) is 9.78 Å². The Balaban J connectivity index is 2.12. The van der Waals surface area contributed by atoms with Crippen molar-refractivity contribution in [2.45, 2.75) is 38.8 Å². The second-order valence-corrected chi connectivity index (χ2v) is 4.84. The van der Waals surface area contributed by atoms with Crippen molar-refractivity contribution in [3.63, 3.8) is 0 Å². The van der Waals surface area contributed by atoms with E-state index in [1.165, 1.54) is 4.68 Å². The molecule has 1 saturated heterocycles. The monoisotopic (exact) mass is 271 g/mol. The molecule has 6 heteroatoms. The highest BCUT2D eigenvalue weighted by Crippen LogP contribution is 2.19. The zero-order valence-corrected chi connectivity index (χ0v) is 11.2. The first-order valence-corrected chi connectivity index (χ1v) is 6.70. The summed E-state index contributed by atoms with van der Waals surface area (Å²) in [6.07, 6.45) is 4.49. The molecule has 0 aromatic carbocycles. The Hall–Kier alpha value is -1.07. The number of nitrogens with zero attached hydrogens (tertiary/aromatic N) is 2. The van der Waals surface area contributed by atoms with E-state index in [0.717, 1.165) is 25.9 Å². The van der Waals surface area contributed by atoms with Gasteiger partial charge in [0.2, 0.25) is 0 Å². The third-order valence-corrected chi connectivity index (χ3v) is 3.36. The van der Waals surface area contributed by atoms with Gasteiger partial charge in [0.15, 0.2) is 0 Å². The summed E-state index contributed by atoms with van der Waals surface area (Å²) in [7, 11) is 0. The number of aromatic nitrogens is 2. The van der Waals surface area contributed by atoms with Crippen LogP contribution in [0.1, 0.15) is 26.2 Å². The number of hydrogen-bond donors (Lipinski definition) is 1. The third kappa shape index (κ3) is 3.03. The first kappa shape index (κ1) is 13.4. The summed E-state index contributed by atoms with van der Waals surface area (Å²) in [6, 6.07) is 0.218. The van der Waals surface area contributed by atoms with Crippen molar-refractivity contribution in [3.05, 3.63) is 21.6 Å². The summed E-state index contributed by atoms with van der Waals surface area (Å²) in [5.74, 6) is 0. The van der Waals surface area contributed by atoms with Crippen molar-refractivity contribution in [1.29, 1.82) is 0 Å². The summed E-state index contributed by atoms with van der Waals surface area (Å²) < 4.78 is 6.69. The molecular weight excluding hydrogens is 254 g/mol. The molecule has 0 aliphatic carbocycles. The van der Waals surface area contributed by atoms with Crippen LogP contribution in [0.15, 0.2) is 11.0 Å². The Morgan fingerprint density at radius 2 is 2.50 bits per heavy atom. The molecule has 1 aliphatic heterocycles. The number of aryl methyl sites for hydroxylation is 1. The van der Waals surface area contributed by atoms with Gasteiger partial charge >= 0.3 is 0 Å². The normalized spacial score (nSPS) is 19.1. The second kappa shape index (κ2) is 6.20. The van der Waals surface area contributed by atoms with E-state index in [0.29, 0.717) is 18.8 Å². The molecule has 100 valence electrons. The fourth-order valence-corrected chi connectivity index (χ4v) is 2.10. The highest BCUT2D eigenvalue weighted by molar-refractivity contribution is 6.32. The molecule has 18 heavy (non-hydrogen) atoms. The van der Waals surface area contributed by atoms with Gasteiger partial charge < -0.3 is 10.1 Å². The van der Waals surface area contributed by atoms with E-state index in [2.05, 4.69) is 17.3 Å². The maximum Gasteiger partial charge on any atom is 0.287 e. The van der Waals surface area contributed by atoms with Crippen LogP contribution in [0.2, 0.25) is 5.02 Å². The van der Waals surface area contributed by atoms with Crippen molar-refractivity contribution in [3.8, 4) is 0 Å². The van der Waals surface area contributed by atoms with Crippen molar-refractivity contribution in [2.24, 2.45) is 0 Å². The molecule has 1 unspecified atom stereocenters. The Morgan fingerprint density at radius 3 is 3.17 bits per heavy atom. The van der Waals surface area contributed by atoms with Gasteiger partial charge in [0, 0.05) is 13.2 Å². The molecule has 0 spiro atoms. The maximum absolute atomic E-state index is 12.0. The lowest BCUT2D eigenvalue weighted by Crippen LogP contribution is -2.27.